The first kappa shape index (κ1) is 24.2. The fraction of sp³-hybridized carbons (Fsp3) is 0.185. The summed E-state index contributed by atoms with van der Waals surface area (Å²) in [5, 5.41) is 11.8. The molecule has 0 radical (unpaired) electrons. The molecular formula is C27H24ClNO6. The first-order valence-corrected chi connectivity index (χ1v) is 11.1. The van der Waals surface area contributed by atoms with Gasteiger partial charge in [0.2, 0.25) is 0 Å². The molecule has 1 N–H and O–H groups in total. The van der Waals surface area contributed by atoms with Crippen LogP contribution in [-0.2, 0) is 9.59 Å². The molecule has 3 aromatic carbocycles. The molecular weight excluding hydrogens is 470 g/mol. The number of Topliss-reactive ketones (excluding diaryl/α,β-unsaturated/α-hetero) is 1. The number of ether oxygens (including phenoxy) is 3. The molecule has 0 spiro atoms. The van der Waals surface area contributed by atoms with Crippen molar-refractivity contribution >= 4 is 34.7 Å². The molecule has 180 valence electrons. The highest BCUT2D eigenvalue weighted by molar-refractivity contribution is 6.52. The minimum atomic E-state index is -0.961. The number of nitrogens with zero attached hydrogens (tertiary/aromatic N) is 1. The predicted molar refractivity (Wildman–Crippen MR) is 134 cm³/mol. The maximum Gasteiger partial charge on any atom is 0.300 e. The highest BCUT2D eigenvalue weighted by Gasteiger charge is 2.47. The van der Waals surface area contributed by atoms with Gasteiger partial charge in [0.25, 0.3) is 11.7 Å². The lowest BCUT2D eigenvalue weighted by Gasteiger charge is -2.27. The Morgan fingerprint density at radius 3 is 2.26 bits per heavy atom. The van der Waals surface area contributed by atoms with E-state index in [0.717, 1.165) is 5.56 Å². The molecule has 1 aliphatic heterocycles. The van der Waals surface area contributed by atoms with Gasteiger partial charge in [-0.15, -0.1) is 0 Å². The second-order valence-corrected chi connectivity index (χ2v) is 8.35. The van der Waals surface area contributed by atoms with Crippen LogP contribution in [0, 0.1) is 6.92 Å². The van der Waals surface area contributed by atoms with Gasteiger partial charge in [0.05, 0.1) is 38.5 Å². The third kappa shape index (κ3) is 4.19. The number of benzene rings is 3. The first-order chi connectivity index (χ1) is 16.8. The van der Waals surface area contributed by atoms with Crippen LogP contribution in [0.5, 0.6) is 17.2 Å². The van der Waals surface area contributed by atoms with Crippen LogP contribution >= 0.6 is 11.6 Å². The number of aryl methyl sites for hydroxylation is 1. The largest absolute Gasteiger partial charge is 0.507 e. The number of hydrogen-bond acceptors (Lipinski definition) is 6. The molecule has 1 heterocycles. The first-order valence-electron chi connectivity index (χ1n) is 10.7. The van der Waals surface area contributed by atoms with Crippen LogP contribution in [0.1, 0.15) is 22.7 Å². The van der Waals surface area contributed by atoms with E-state index in [0.29, 0.717) is 39.1 Å². The van der Waals surface area contributed by atoms with Crippen molar-refractivity contribution in [1.82, 2.24) is 0 Å². The van der Waals surface area contributed by atoms with E-state index in [1.807, 2.05) is 6.92 Å². The molecule has 1 aliphatic rings. The van der Waals surface area contributed by atoms with Gasteiger partial charge in [0, 0.05) is 10.7 Å². The third-order valence-electron chi connectivity index (χ3n) is 5.96. The lowest BCUT2D eigenvalue weighted by atomic mass is 9.94. The van der Waals surface area contributed by atoms with Crippen molar-refractivity contribution in [2.24, 2.45) is 0 Å². The molecule has 1 amide bonds. The lowest BCUT2D eigenvalue weighted by molar-refractivity contribution is -0.132. The monoisotopic (exact) mass is 493 g/mol. The molecule has 8 heteroatoms. The number of carbonyl (C=O) groups excluding carboxylic acids is 2. The van der Waals surface area contributed by atoms with Crippen molar-refractivity contribution < 1.29 is 28.9 Å². The summed E-state index contributed by atoms with van der Waals surface area (Å²) in [4.78, 5) is 28.2. The van der Waals surface area contributed by atoms with Crippen LogP contribution in [-0.4, -0.2) is 38.1 Å². The van der Waals surface area contributed by atoms with E-state index in [1.165, 1.54) is 26.2 Å². The van der Waals surface area contributed by atoms with Crippen molar-refractivity contribution in [1.29, 1.82) is 0 Å². The Bertz CT molecular complexity index is 1350. The third-order valence-corrected chi connectivity index (χ3v) is 6.20. The smallest absolute Gasteiger partial charge is 0.300 e. The summed E-state index contributed by atoms with van der Waals surface area (Å²) in [6.07, 6.45) is 0. The van der Waals surface area contributed by atoms with Crippen LogP contribution in [0.25, 0.3) is 5.76 Å². The Hall–Kier alpha value is -3.97. The summed E-state index contributed by atoms with van der Waals surface area (Å²) >= 11 is 6.26. The van der Waals surface area contributed by atoms with Crippen molar-refractivity contribution in [3.05, 3.63) is 87.9 Å². The van der Waals surface area contributed by atoms with Crippen molar-refractivity contribution in [3.8, 4) is 17.2 Å². The summed E-state index contributed by atoms with van der Waals surface area (Å²) in [5.41, 5.74) is 1.95. The van der Waals surface area contributed by atoms with Gasteiger partial charge < -0.3 is 19.3 Å². The number of aliphatic hydroxyl groups excluding tert-OH is 1. The van der Waals surface area contributed by atoms with Crippen LogP contribution in [0.4, 0.5) is 5.69 Å². The molecule has 1 unspecified atom stereocenters. The van der Waals surface area contributed by atoms with Gasteiger partial charge in [0.1, 0.15) is 11.5 Å². The predicted octanol–water partition coefficient (Wildman–Crippen LogP) is 5.30. The SMILES string of the molecule is COc1ccc(C2/C(=C(\O)c3ccccc3OC)C(=O)C(=O)N2c2cc(Cl)ccc2C)cc1OC. The highest BCUT2D eigenvalue weighted by atomic mass is 35.5. The molecule has 35 heavy (non-hydrogen) atoms. The number of halogens is 1. The van der Waals surface area contributed by atoms with Crippen molar-refractivity contribution in [2.75, 3.05) is 26.2 Å². The zero-order chi connectivity index (χ0) is 25.3. The maximum absolute atomic E-state index is 13.4. The Morgan fingerprint density at radius 2 is 1.57 bits per heavy atom. The quantitative estimate of drug-likeness (QED) is 0.285. The zero-order valence-electron chi connectivity index (χ0n) is 19.7. The van der Waals surface area contributed by atoms with Crippen molar-refractivity contribution in [2.45, 2.75) is 13.0 Å². The molecule has 1 saturated heterocycles. The van der Waals surface area contributed by atoms with Crippen molar-refractivity contribution in [3.63, 3.8) is 0 Å². The fourth-order valence-corrected chi connectivity index (χ4v) is 4.41. The molecule has 0 aromatic heterocycles. The van der Waals surface area contributed by atoms with Gasteiger partial charge in [-0.2, -0.15) is 0 Å². The average Bonchev–Trinajstić information content (AvgIpc) is 3.14. The van der Waals surface area contributed by atoms with Gasteiger partial charge in [-0.05, 0) is 54.4 Å². The number of ketones is 1. The number of carbonyl (C=O) groups is 2. The Kier molecular flexibility index (Phi) is 6.71. The Labute approximate surface area is 208 Å². The zero-order valence-corrected chi connectivity index (χ0v) is 20.4. The summed E-state index contributed by atoms with van der Waals surface area (Å²) in [6, 6.07) is 16.0. The van der Waals surface area contributed by atoms with Gasteiger partial charge >= 0.3 is 0 Å². The molecule has 0 aliphatic carbocycles. The minimum Gasteiger partial charge on any atom is -0.507 e. The van der Waals surface area contributed by atoms with E-state index >= 15 is 0 Å². The molecule has 3 aromatic rings. The van der Waals surface area contributed by atoms with E-state index in [-0.39, 0.29) is 11.3 Å². The standard InChI is InChI=1S/C27H24ClNO6/c1-15-9-11-17(28)14-19(15)29-24(16-10-12-21(34-3)22(13-16)35-4)23(26(31)27(29)32)25(30)18-7-5-6-8-20(18)33-2/h5-14,24,30H,1-4H3/b25-23+. The fourth-order valence-electron chi connectivity index (χ4n) is 4.25. The van der Waals surface area contributed by atoms with Crippen LogP contribution in [0.3, 0.4) is 0 Å². The molecule has 0 saturated carbocycles. The van der Waals surface area contributed by atoms with Gasteiger partial charge in [-0.1, -0.05) is 35.9 Å². The maximum atomic E-state index is 13.4. The van der Waals surface area contributed by atoms with E-state index < -0.39 is 17.7 Å². The second-order valence-electron chi connectivity index (χ2n) is 7.91. The van der Waals surface area contributed by atoms with Crippen LogP contribution in [0.2, 0.25) is 5.02 Å². The molecule has 7 nitrogen and oxygen atoms in total. The number of rotatable bonds is 6. The summed E-state index contributed by atoms with van der Waals surface area (Å²) in [5.74, 6) is -0.698. The van der Waals surface area contributed by atoms with E-state index in [2.05, 4.69) is 0 Å². The Morgan fingerprint density at radius 1 is 0.886 bits per heavy atom. The molecule has 1 fully saturated rings. The number of anilines is 1. The topological polar surface area (TPSA) is 85.3 Å². The molecule has 0 bridgehead atoms. The van der Waals surface area contributed by atoms with Gasteiger partial charge in [-0.3, -0.25) is 14.5 Å². The molecule has 1 atom stereocenters. The number of hydrogen-bond donors (Lipinski definition) is 1. The number of aliphatic hydroxyl groups is 1. The number of amides is 1. The van der Waals surface area contributed by atoms with Crippen LogP contribution in [0.15, 0.2) is 66.2 Å². The van der Waals surface area contributed by atoms with Gasteiger partial charge in [-0.25, -0.2) is 0 Å². The summed E-state index contributed by atoms with van der Waals surface area (Å²) in [6.45, 7) is 1.82. The summed E-state index contributed by atoms with van der Waals surface area (Å²) < 4.78 is 16.2. The highest BCUT2D eigenvalue weighted by Crippen LogP contribution is 2.46. The van der Waals surface area contributed by atoms with E-state index in [4.69, 9.17) is 25.8 Å². The Balaban J connectivity index is 2.03. The minimum absolute atomic E-state index is 0.0777. The number of para-hydroxylation sites is 1. The number of methoxy groups -OCH3 is 3. The lowest BCUT2D eigenvalue weighted by Crippen LogP contribution is -2.30. The van der Waals surface area contributed by atoms with Gasteiger partial charge in [0.15, 0.2) is 11.5 Å². The van der Waals surface area contributed by atoms with E-state index in [1.54, 1.807) is 60.7 Å². The average molecular weight is 494 g/mol. The normalized spacial score (nSPS) is 16.9. The molecule has 4 rings (SSSR count). The van der Waals surface area contributed by atoms with E-state index in [9.17, 15) is 14.7 Å². The van der Waals surface area contributed by atoms with Crippen LogP contribution < -0.4 is 19.1 Å². The second kappa shape index (κ2) is 9.72. The summed E-state index contributed by atoms with van der Waals surface area (Å²) in [7, 11) is 4.47.